The molecule has 0 saturated heterocycles. The summed E-state index contributed by atoms with van der Waals surface area (Å²) >= 11 is 0. The van der Waals surface area contributed by atoms with Crippen molar-refractivity contribution in [2.45, 2.75) is 32.6 Å². The third-order valence-corrected chi connectivity index (χ3v) is 3.01. The molecule has 0 radical (unpaired) electrons. The molecule has 1 heterocycles. The van der Waals surface area contributed by atoms with Crippen LogP contribution in [-0.4, -0.2) is 17.9 Å². The number of rotatable bonds is 7. The molecule has 0 aliphatic rings. The molecule has 3 heteroatoms. The van der Waals surface area contributed by atoms with Gasteiger partial charge in [0.15, 0.2) is 5.88 Å². The van der Waals surface area contributed by atoms with E-state index in [-0.39, 0.29) is 0 Å². The predicted molar refractivity (Wildman–Crippen MR) is 73.3 cm³/mol. The number of hydrogen-bond donors (Lipinski definition) is 1. The number of benzene rings is 1. The lowest BCUT2D eigenvalue weighted by Crippen LogP contribution is -1.96. The molecule has 0 spiro atoms. The normalized spacial score (nSPS) is 10.7. The summed E-state index contributed by atoms with van der Waals surface area (Å²) in [6.07, 6.45) is 5.66. The highest BCUT2D eigenvalue weighted by Gasteiger charge is 2.02. The molecule has 0 aliphatic heterocycles. The number of H-pyrrole nitrogens is 1. The Bertz CT molecular complexity index is 516. The molecule has 1 N–H and O–H groups in total. The van der Waals surface area contributed by atoms with E-state index >= 15 is 0 Å². The minimum atomic E-state index is 0.691. The van der Waals surface area contributed by atoms with Crippen molar-refractivity contribution in [3.05, 3.63) is 29.8 Å². The number of unbranched alkanes of at least 4 members (excludes halogenated alkanes) is 3. The molecular formula is C15H19NO2. The second-order valence-electron chi connectivity index (χ2n) is 4.51. The topological polar surface area (TPSA) is 42.1 Å². The maximum atomic E-state index is 10.7. The van der Waals surface area contributed by atoms with Crippen LogP contribution in [0.3, 0.4) is 0 Å². The molecule has 0 amide bonds. The Morgan fingerprint density at radius 3 is 2.89 bits per heavy atom. The predicted octanol–water partition coefficient (Wildman–Crippen LogP) is 3.94. The largest absolute Gasteiger partial charge is 0.479 e. The number of ether oxygens (including phenoxy) is 1. The summed E-state index contributed by atoms with van der Waals surface area (Å²) in [6.45, 7) is 2.94. The van der Waals surface area contributed by atoms with Gasteiger partial charge >= 0.3 is 0 Å². The second kappa shape index (κ2) is 6.24. The Balaban J connectivity index is 1.95. The number of aromatic nitrogens is 1. The lowest BCUT2D eigenvalue weighted by Gasteiger charge is -2.02. The number of nitrogens with one attached hydrogen (secondary N) is 1. The summed E-state index contributed by atoms with van der Waals surface area (Å²) in [5, 5.41) is 1.02. The lowest BCUT2D eigenvalue weighted by atomic mass is 10.2. The van der Waals surface area contributed by atoms with Gasteiger partial charge in [-0.25, -0.2) is 0 Å². The van der Waals surface area contributed by atoms with E-state index in [4.69, 9.17) is 4.74 Å². The number of aromatic amines is 1. The van der Waals surface area contributed by atoms with E-state index in [0.29, 0.717) is 5.56 Å². The molecule has 2 rings (SSSR count). The Hall–Kier alpha value is -1.77. The highest BCUT2D eigenvalue weighted by molar-refractivity contribution is 5.88. The number of carbonyl (C=O) groups is 1. The van der Waals surface area contributed by atoms with Crippen molar-refractivity contribution in [3.8, 4) is 5.88 Å². The number of fused-ring (bicyclic) bond motifs is 1. The summed E-state index contributed by atoms with van der Waals surface area (Å²) in [5.74, 6) is 0.782. The van der Waals surface area contributed by atoms with Gasteiger partial charge in [0.1, 0.15) is 6.29 Å². The Morgan fingerprint density at radius 1 is 1.22 bits per heavy atom. The zero-order chi connectivity index (χ0) is 12.8. The fraction of sp³-hybridized carbons (Fsp3) is 0.400. The standard InChI is InChI=1S/C15H19NO2/c1-2-3-4-5-8-18-15-10-13-9-12(11-17)6-7-14(13)16-15/h6-7,9-11,16H,2-5,8H2,1H3. The Morgan fingerprint density at radius 2 is 2.11 bits per heavy atom. The van der Waals surface area contributed by atoms with Crippen LogP contribution < -0.4 is 4.74 Å². The molecule has 1 aromatic carbocycles. The van der Waals surface area contributed by atoms with E-state index in [1.165, 1.54) is 19.3 Å². The van der Waals surface area contributed by atoms with Crippen LogP contribution in [-0.2, 0) is 0 Å². The summed E-state index contributed by atoms with van der Waals surface area (Å²) in [4.78, 5) is 13.9. The molecular weight excluding hydrogens is 226 g/mol. The number of aldehydes is 1. The third kappa shape index (κ3) is 3.13. The van der Waals surface area contributed by atoms with Gasteiger partial charge in [-0.05, 0) is 24.6 Å². The molecule has 0 unspecified atom stereocenters. The molecule has 18 heavy (non-hydrogen) atoms. The molecule has 1 aromatic heterocycles. The summed E-state index contributed by atoms with van der Waals surface area (Å²) in [6, 6.07) is 7.52. The summed E-state index contributed by atoms with van der Waals surface area (Å²) in [7, 11) is 0. The van der Waals surface area contributed by atoms with E-state index in [0.717, 1.165) is 36.1 Å². The Labute approximate surface area is 107 Å². The first kappa shape index (κ1) is 12.7. The number of hydrogen-bond acceptors (Lipinski definition) is 2. The molecule has 3 nitrogen and oxygen atoms in total. The first-order valence-electron chi connectivity index (χ1n) is 6.54. The minimum Gasteiger partial charge on any atom is -0.479 e. The van der Waals surface area contributed by atoms with Crippen LogP contribution in [0.4, 0.5) is 0 Å². The molecule has 0 atom stereocenters. The average molecular weight is 245 g/mol. The van der Waals surface area contributed by atoms with Crippen molar-refractivity contribution in [2.24, 2.45) is 0 Å². The second-order valence-corrected chi connectivity index (χ2v) is 4.51. The molecule has 96 valence electrons. The first-order chi connectivity index (χ1) is 8.83. The van der Waals surface area contributed by atoms with Gasteiger partial charge in [0, 0.05) is 22.5 Å². The lowest BCUT2D eigenvalue weighted by molar-refractivity contribution is 0.112. The van der Waals surface area contributed by atoms with Gasteiger partial charge in [0.25, 0.3) is 0 Å². The van der Waals surface area contributed by atoms with Crippen LogP contribution in [0.2, 0.25) is 0 Å². The van der Waals surface area contributed by atoms with Crippen LogP contribution in [0.1, 0.15) is 43.0 Å². The molecule has 2 aromatic rings. The van der Waals surface area contributed by atoms with E-state index in [1.54, 1.807) is 6.07 Å². The highest BCUT2D eigenvalue weighted by Crippen LogP contribution is 2.21. The SMILES string of the molecule is CCCCCCOc1cc2cc(C=O)ccc2[nH]1. The minimum absolute atomic E-state index is 0.691. The van der Waals surface area contributed by atoms with Gasteiger partial charge in [-0.1, -0.05) is 26.2 Å². The number of carbonyl (C=O) groups excluding carboxylic acids is 1. The van der Waals surface area contributed by atoms with Crippen molar-refractivity contribution in [3.63, 3.8) is 0 Å². The van der Waals surface area contributed by atoms with E-state index < -0.39 is 0 Å². The molecule has 0 saturated carbocycles. The molecule has 0 fully saturated rings. The van der Waals surface area contributed by atoms with E-state index in [1.807, 2.05) is 18.2 Å². The third-order valence-electron chi connectivity index (χ3n) is 3.01. The molecule has 0 aliphatic carbocycles. The fourth-order valence-corrected chi connectivity index (χ4v) is 1.99. The van der Waals surface area contributed by atoms with E-state index in [9.17, 15) is 4.79 Å². The summed E-state index contributed by atoms with van der Waals surface area (Å²) in [5.41, 5.74) is 1.69. The first-order valence-corrected chi connectivity index (χ1v) is 6.54. The van der Waals surface area contributed by atoms with Crippen LogP contribution in [0.5, 0.6) is 5.88 Å². The monoisotopic (exact) mass is 245 g/mol. The van der Waals surface area contributed by atoms with Crippen LogP contribution >= 0.6 is 0 Å². The quantitative estimate of drug-likeness (QED) is 0.593. The van der Waals surface area contributed by atoms with Gasteiger partial charge in [0.05, 0.1) is 6.61 Å². The summed E-state index contributed by atoms with van der Waals surface area (Å²) < 4.78 is 5.67. The van der Waals surface area contributed by atoms with Crippen molar-refractivity contribution in [1.29, 1.82) is 0 Å². The zero-order valence-corrected chi connectivity index (χ0v) is 10.7. The van der Waals surface area contributed by atoms with Crippen LogP contribution in [0.15, 0.2) is 24.3 Å². The molecule has 0 bridgehead atoms. The Kier molecular flexibility index (Phi) is 4.40. The highest BCUT2D eigenvalue weighted by atomic mass is 16.5. The van der Waals surface area contributed by atoms with Gasteiger partial charge in [-0.2, -0.15) is 0 Å². The maximum absolute atomic E-state index is 10.7. The van der Waals surface area contributed by atoms with Crippen molar-refractivity contribution in [2.75, 3.05) is 6.61 Å². The van der Waals surface area contributed by atoms with Crippen LogP contribution in [0, 0.1) is 0 Å². The van der Waals surface area contributed by atoms with Crippen molar-refractivity contribution >= 4 is 17.2 Å². The van der Waals surface area contributed by atoms with Gasteiger partial charge in [-0.15, -0.1) is 0 Å². The van der Waals surface area contributed by atoms with E-state index in [2.05, 4.69) is 11.9 Å². The van der Waals surface area contributed by atoms with Crippen LogP contribution in [0.25, 0.3) is 10.9 Å². The van der Waals surface area contributed by atoms with Gasteiger partial charge < -0.3 is 9.72 Å². The zero-order valence-electron chi connectivity index (χ0n) is 10.7. The fourth-order valence-electron chi connectivity index (χ4n) is 1.99. The van der Waals surface area contributed by atoms with Crippen molar-refractivity contribution in [1.82, 2.24) is 4.98 Å². The maximum Gasteiger partial charge on any atom is 0.191 e. The van der Waals surface area contributed by atoms with Crippen molar-refractivity contribution < 1.29 is 9.53 Å². The smallest absolute Gasteiger partial charge is 0.191 e. The average Bonchev–Trinajstić information content (AvgIpc) is 2.80. The van der Waals surface area contributed by atoms with Gasteiger partial charge in [-0.3, -0.25) is 4.79 Å². The van der Waals surface area contributed by atoms with Gasteiger partial charge in [0.2, 0.25) is 0 Å².